The molecule has 118 valence electrons. The Bertz CT molecular complexity index is 352. The van der Waals surface area contributed by atoms with Gasteiger partial charge in [-0.05, 0) is 20.8 Å². The first-order valence-electron chi connectivity index (χ1n) is 5.14. The molecular formula is C10H20N2O8. The van der Waals surface area contributed by atoms with Gasteiger partial charge in [0.25, 0.3) is 0 Å². The monoisotopic (exact) mass is 296 g/mol. The molecule has 0 saturated heterocycles. The molecule has 0 aliphatic rings. The van der Waals surface area contributed by atoms with Crippen molar-refractivity contribution in [2.45, 2.75) is 32.4 Å². The van der Waals surface area contributed by atoms with Gasteiger partial charge in [0, 0.05) is 0 Å². The SMILES string of the molecule is CCOC(=O)C(C)(O)C(=O)C(C)N.N.O=C(O)C(=O)O. The number of esters is 1. The number of Topliss-reactive ketones (excluding diaryl/α,β-unsaturated/α-hetero) is 1. The second-order valence-electron chi connectivity index (χ2n) is 3.56. The van der Waals surface area contributed by atoms with E-state index in [2.05, 4.69) is 4.74 Å². The predicted octanol–water partition coefficient (Wildman–Crippen LogP) is -1.47. The highest BCUT2D eigenvalue weighted by atomic mass is 16.5. The van der Waals surface area contributed by atoms with E-state index in [1.807, 2.05) is 0 Å². The first-order valence-corrected chi connectivity index (χ1v) is 5.14. The summed E-state index contributed by atoms with van der Waals surface area (Å²) < 4.78 is 4.51. The molecule has 2 atom stereocenters. The Hall–Kier alpha value is -2.04. The van der Waals surface area contributed by atoms with Crippen molar-refractivity contribution in [1.82, 2.24) is 6.15 Å². The van der Waals surface area contributed by atoms with Crippen LogP contribution in [0.4, 0.5) is 0 Å². The molecule has 0 aromatic heterocycles. The van der Waals surface area contributed by atoms with Crippen LogP contribution in [0.2, 0.25) is 0 Å². The molecule has 20 heavy (non-hydrogen) atoms. The first-order chi connectivity index (χ1) is 8.48. The Balaban J connectivity index is -0.000000352. The number of ether oxygens (including phenoxy) is 1. The lowest BCUT2D eigenvalue weighted by molar-refractivity contribution is -0.168. The maximum atomic E-state index is 11.2. The summed E-state index contributed by atoms with van der Waals surface area (Å²) in [4.78, 5) is 40.5. The van der Waals surface area contributed by atoms with Crippen LogP contribution in [0.3, 0.4) is 0 Å². The van der Waals surface area contributed by atoms with Gasteiger partial charge in [-0.2, -0.15) is 0 Å². The van der Waals surface area contributed by atoms with Gasteiger partial charge in [-0.3, -0.25) is 4.79 Å². The molecule has 0 aromatic rings. The Labute approximate surface area is 115 Å². The second-order valence-corrected chi connectivity index (χ2v) is 3.56. The van der Waals surface area contributed by atoms with E-state index >= 15 is 0 Å². The van der Waals surface area contributed by atoms with Crippen molar-refractivity contribution in [2.24, 2.45) is 5.73 Å². The lowest BCUT2D eigenvalue weighted by Crippen LogP contribution is -2.51. The van der Waals surface area contributed by atoms with E-state index in [9.17, 15) is 14.7 Å². The van der Waals surface area contributed by atoms with Crippen LogP contribution in [0.15, 0.2) is 0 Å². The number of carboxylic acids is 2. The smallest absolute Gasteiger partial charge is 0.414 e. The molecule has 0 spiro atoms. The van der Waals surface area contributed by atoms with Crippen molar-refractivity contribution in [3.05, 3.63) is 0 Å². The van der Waals surface area contributed by atoms with Crippen molar-refractivity contribution in [2.75, 3.05) is 6.61 Å². The number of hydrogen-bond acceptors (Lipinski definition) is 8. The number of aliphatic hydroxyl groups is 1. The van der Waals surface area contributed by atoms with Gasteiger partial charge in [-0.15, -0.1) is 0 Å². The molecule has 0 bridgehead atoms. The number of hydrogen-bond donors (Lipinski definition) is 5. The number of carbonyl (C=O) groups excluding carboxylic acids is 2. The summed E-state index contributed by atoms with van der Waals surface area (Å²) >= 11 is 0. The zero-order valence-electron chi connectivity index (χ0n) is 11.5. The molecule has 0 aliphatic carbocycles. The van der Waals surface area contributed by atoms with Crippen LogP contribution in [0, 0.1) is 0 Å². The Kier molecular flexibility index (Phi) is 11.3. The lowest BCUT2D eigenvalue weighted by Gasteiger charge is -2.20. The zero-order chi connectivity index (χ0) is 15.8. The molecule has 0 heterocycles. The number of carboxylic acid groups (broad SMARTS) is 2. The third kappa shape index (κ3) is 8.13. The molecule has 0 saturated carbocycles. The van der Waals surface area contributed by atoms with E-state index in [1.54, 1.807) is 6.92 Å². The number of nitrogens with two attached hydrogens (primary N) is 1. The van der Waals surface area contributed by atoms with Crippen molar-refractivity contribution < 1.29 is 39.2 Å². The quantitative estimate of drug-likeness (QED) is 0.232. The van der Waals surface area contributed by atoms with Gasteiger partial charge in [0.2, 0.25) is 5.60 Å². The third-order valence-corrected chi connectivity index (χ3v) is 1.75. The van der Waals surface area contributed by atoms with Crippen LogP contribution in [0.25, 0.3) is 0 Å². The fourth-order valence-corrected chi connectivity index (χ4v) is 0.816. The van der Waals surface area contributed by atoms with E-state index in [0.717, 1.165) is 6.92 Å². The molecule has 0 radical (unpaired) electrons. The normalized spacial score (nSPS) is 13.4. The zero-order valence-corrected chi connectivity index (χ0v) is 11.5. The van der Waals surface area contributed by atoms with Crippen molar-refractivity contribution >= 4 is 23.7 Å². The number of aliphatic carboxylic acids is 2. The predicted molar refractivity (Wildman–Crippen MR) is 66.2 cm³/mol. The Morgan fingerprint density at radius 2 is 1.55 bits per heavy atom. The molecule has 0 fully saturated rings. The summed E-state index contributed by atoms with van der Waals surface area (Å²) in [7, 11) is 0. The molecular weight excluding hydrogens is 276 g/mol. The molecule has 8 N–H and O–H groups in total. The second kappa shape index (κ2) is 9.83. The van der Waals surface area contributed by atoms with Crippen molar-refractivity contribution in [3.63, 3.8) is 0 Å². The molecule has 0 amide bonds. The highest BCUT2D eigenvalue weighted by molar-refractivity contribution is 6.27. The van der Waals surface area contributed by atoms with Gasteiger partial charge in [0.15, 0.2) is 5.78 Å². The molecule has 2 unspecified atom stereocenters. The fourth-order valence-electron chi connectivity index (χ4n) is 0.816. The summed E-state index contributed by atoms with van der Waals surface area (Å²) in [6, 6.07) is -0.889. The van der Waals surface area contributed by atoms with Crippen molar-refractivity contribution in [3.8, 4) is 0 Å². The van der Waals surface area contributed by atoms with E-state index in [0.29, 0.717) is 0 Å². The average molecular weight is 296 g/mol. The van der Waals surface area contributed by atoms with Gasteiger partial charge in [0.1, 0.15) is 0 Å². The van der Waals surface area contributed by atoms with Gasteiger partial charge < -0.3 is 31.9 Å². The van der Waals surface area contributed by atoms with Gasteiger partial charge in [-0.25, -0.2) is 14.4 Å². The summed E-state index contributed by atoms with van der Waals surface area (Å²) in [6.45, 7) is 4.18. The number of rotatable bonds is 4. The average Bonchev–Trinajstić information content (AvgIpc) is 2.28. The van der Waals surface area contributed by atoms with E-state index in [4.69, 9.17) is 25.5 Å². The Morgan fingerprint density at radius 3 is 1.75 bits per heavy atom. The number of carbonyl (C=O) groups is 4. The summed E-state index contributed by atoms with van der Waals surface area (Å²) in [5.74, 6) is -5.35. The van der Waals surface area contributed by atoms with Crippen LogP contribution < -0.4 is 11.9 Å². The lowest BCUT2D eigenvalue weighted by atomic mass is 9.96. The topological polar surface area (TPSA) is 199 Å². The fraction of sp³-hybridized carbons (Fsp3) is 0.600. The summed E-state index contributed by atoms with van der Waals surface area (Å²) in [5, 5.41) is 24.2. The van der Waals surface area contributed by atoms with E-state index in [1.165, 1.54) is 6.92 Å². The molecule has 0 rings (SSSR count). The highest BCUT2D eigenvalue weighted by Gasteiger charge is 2.41. The maximum absolute atomic E-state index is 11.2. The third-order valence-electron chi connectivity index (χ3n) is 1.75. The van der Waals surface area contributed by atoms with Crippen LogP contribution in [-0.4, -0.2) is 57.3 Å². The molecule has 10 heteroatoms. The van der Waals surface area contributed by atoms with E-state index in [-0.39, 0.29) is 12.8 Å². The van der Waals surface area contributed by atoms with Crippen LogP contribution in [0.1, 0.15) is 20.8 Å². The first kappa shape index (κ1) is 23.1. The van der Waals surface area contributed by atoms with Gasteiger partial charge >= 0.3 is 17.9 Å². The van der Waals surface area contributed by atoms with Crippen LogP contribution in [-0.2, 0) is 23.9 Å². The largest absolute Gasteiger partial charge is 0.473 e. The van der Waals surface area contributed by atoms with Gasteiger partial charge in [0.05, 0.1) is 12.6 Å². The van der Waals surface area contributed by atoms with Crippen molar-refractivity contribution in [1.29, 1.82) is 0 Å². The summed E-state index contributed by atoms with van der Waals surface area (Å²) in [5.41, 5.74) is 3.10. The minimum atomic E-state index is -2.13. The van der Waals surface area contributed by atoms with E-state index < -0.39 is 35.3 Å². The number of ketones is 1. The minimum absolute atomic E-state index is 0. The molecule has 0 aromatic carbocycles. The van der Waals surface area contributed by atoms with Crippen LogP contribution in [0.5, 0.6) is 0 Å². The van der Waals surface area contributed by atoms with Crippen LogP contribution >= 0.6 is 0 Å². The minimum Gasteiger partial charge on any atom is -0.473 e. The standard InChI is InChI=1S/C8H15NO4.C2H2O4.H3N/c1-4-13-7(11)8(3,12)6(10)5(2)9;3-1(4)2(5)6;/h5,12H,4,9H2,1-3H3;(H,3,4)(H,5,6);1H3. The maximum Gasteiger partial charge on any atom is 0.414 e. The van der Waals surface area contributed by atoms with Gasteiger partial charge in [-0.1, -0.05) is 0 Å². The highest BCUT2D eigenvalue weighted by Crippen LogP contribution is 2.09. The molecule has 10 nitrogen and oxygen atoms in total. The Morgan fingerprint density at radius 1 is 1.20 bits per heavy atom. The molecule has 0 aliphatic heterocycles. The summed E-state index contributed by atoms with van der Waals surface area (Å²) in [6.07, 6.45) is 0.